The molecule has 2 atom stereocenters. The minimum Gasteiger partial charge on any atom is -0.310 e. The van der Waals surface area contributed by atoms with E-state index in [1.54, 1.807) is 0 Å². The first-order chi connectivity index (χ1) is 8.45. The minimum absolute atomic E-state index is 0.432. The summed E-state index contributed by atoms with van der Waals surface area (Å²) in [4.78, 5) is 0. The molecule has 0 aliphatic heterocycles. The largest absolute Gasteiger partial charge is 0.310 e. The van der Waals surface area contributed by atoms with Crippen molar-refractivity contribution in [3.05, 3.63) is 31.8 Å². The van der Waals surface area contributed by atoms with E-state index in [1.165, 1.54) is 20.0 Å². The van der Waals surface area contributed by atoms with Crippen molar-refractivity contribution in [2.45, 2.75) is 40.2 Å². The van der Waals surface area contributed by atoms with E-state index in [2.05, 4.69) is 89.7 Å². The molecule has 1 rings (SSSR count). The molecule has 0 radical (unpaired) electrons. The average molecular weight is 424 g/mol. The molecule has 0 saturated heterocycles. The van der Waals surface area contributed by atoms with Crippen LogP contribution in [0.2, 0.25) is 0 Å². The van der Waals surface area contributed by atoms with E-state index >= 15 is 0 Å². The van der Waals surface area contributed by atoms with Crippen LogP contribution in [0.15, 0.2) is 22.7 Å². The van der Waals surface area contributed by atoms with Crippen molar-refractivity contribution in [1.82, 2.24) is 5.32 Å². The summed E-state index contributed by atoms with van der Waals surface area (Å²) in [7, 11) is 0. The molecule has 3 heteroatoms. The predicted molar refractivity (Wildman–Crippen MR) is 91.9 cm³/mol. The van der Waals surface area contributed by atoms with Gasteiger partial charge < -0.3 is 5.32 Å². The number of rotatable bonds is 6. The van der Waals surface area contributed by atoms with Gasteiger partial charge in [0.15, 0.2) is 0 Å². The fraction of sp³-hybridized carbons (Fsp3) is 0.600. The fourth-order valence-corrected chi connectivity index (χ4v) is 3.48. The van der Waals surface area contributed by atoms with Gasteiger partial charge in [0.05, 0.1) is 0 Å². The third-order valence-corrected chi connectivity index (χ3v) is 4.52. The summed E-state index contributed by atoms with van der Waals surface area (Å²) in [5, 5.41) is 3.64. The van der Waals surface area contributed by atoms with Crippen LogP contribution in [0.3, 0.4) is 0 Å². The Hall–Kier alpha value is 0.390. The van der Waals surface area contributed by atoms with E-state index < -0.39 is 0 Å². The highest BCUT2D eigenvalue weighted by Gasteiger charge is 2.21. The zero-order valence-electron chi connectivity index (χ0n) is 11.6. The van der Waals surface area contributed by atoms with Crippen LogP contribution in [0.25, 0.3) is 0 Å². The van der Waals surface area contributed by atoms with Gasteiger partial charge in [-0.1, -0.05) is 43.6 Å². The molecule has 0 aliphatic carbocycles. The van der Waals surface area contributed by atoms with Gasteiger partial charge in [-0.25, -0.2) is 0 Å². The van der Waals surface area contributed by atoms with E-state index in [-0.39, 0.29) is 0 Å². The van der Waals surface area contributed by atoms with E-state index in [9.17, 15) is 0 Å². The third kappa shape index (κ3) is 4.82. The second-order valence-electron chi connectivity index (χ2n) is 5.31. The maximum Gasteiger partial charge on any atom is 0.0357 e. The molecular weight excluding hydrogens is 401 g/mol. The van der Waals surface area contributed by atoms with Gasteiger partial charge in [0.25, 0.3) is 0 Å². The first-order valence-electron chi connectivity index (χ1n) is 6.64. The molecule has 0 saturated carbocycles. The number of hydrogen-bond acceptors (Lipinski definition) is 1. The Morgan fingerprint density at radius 1 is 1.28 bits per heavy atom. The van der Waals surface area contributed by atoms with Gasteiger partial charge in [0, 0.05) is 14.1 Å². The molecular formula is C15H23BrIN. The maximum absolute atomic E-state index is 3.69. The zero-order valence-corrected chi connectivity index (χ0v) is 15.4. The molecule has 1 aromatic rings. The van der Waals surface area contributed by atoms with E-state index in [0.717, 1.165) is 12.5 Å². The van der Waals surface area contributed by atoms with Crippen molar-refractivity contribution in [2.75, 3.05) is 6.54 Å². The van der Waals surface area contributed by atoms with Gasteiger partial charge in [0.1, 0.15) is 0 Å². The SMILES string of the molecule is CCNC(c1cc(I)ccc1Br)C(C)CC(C)C. The van der Waals surface area contributed by atoms with Gasteiger partial charge >= 0.3 is 0 Å². The summed E-state index contributed by atoms with van der Waals surface area (Å²) < 4.78 is 2.51. The van der Waals surface area contributed by atoms with Gasteiger partial charge in [-0.3, -0.25) is 0 Å². The van der Waals surface area contributed by atoms with Crippen LogP contribution in [-0.2, 0) is 0 Å². The van der Waals surface area contributed by atoms with Crippen LogP contribution >= 0.6 is 38.5 Å². The number of hydrogen-bond donors (Lipinski definition) is 1. The van der Waals surface area contributed by atoms with Crippen molar-refractivity contribution in [3.8, 4) is 0 Å². The molecule has 0 aliphatic rings. The highest BCUT2D eigenvalue weighted by molar-refractivity contribution is 14.1. The van der Waals surface area contributed by atoms with Crippen LogP contribution in [0, 0.1) is 15.4 Å². The maximum atomic E-state index is 3.69. The lowest BCUT2D eigenvalue weighted by Gasteiger charge is -2.27. The summed E-state index contributed by atoms with van der Waals surface area (Å²) in [6.07, 6.45) is 1.25. The molecule has 102 valence electrons. The second-order valence-corrected chi connectivity index (χ2v) is 7.41. The molecule has 0 heterocycles. The molecule has 0 spiro atoms. The summed E-state index contributed by atoms with van der Waals surface area (Å²) in [5.74, 6) is 1.38. The standard InChI is InChI=1S/C15H23BrIN/c1-5-18-15(11(4)8-10(2)3)13-9-12(17)6-7-14(13)16/h6-7,9-11,15,18H,5,8H2,1-4H3. The quantitative estimate of drug-likeness (QED) is 0.605. The van der Waals surface area contributed by atoms with Crippen molar-refractivity contribution in [2.24, 2.45) is 11.8 Å². The molecule has 0 bridgehead atoms. The Morgan fingerprint density at radius 3 is 2.50 bits per heavy atom. The van der Waals surface area contributed by atoms with Gasteiger partial charge in [0.2, 0.25) is 0 Å². The first-order valence-corrected chi connectivity index (χ1v) is 8.51. The van der Waals surface area contributed by atoms with Crippen LogP contribution < -0.4 is 5.32 Å². The molecule has 1 N–H and O–H groups in total. The Labute approximate surface area is 133 Å². The molecule has 0 aromatic heterocycles. The second kappa shape index (κ2) is 7.85. The number of benzene rings is 1. The first kappa shape index (κ1) is 16.4. The Morgan fingerprint density at radius 2 is 1.94 bits per heavy atom. The Kier molecular flexibility index (Phi) is 7.17. The molecule has 1 aromatic carbocycles. The number of nitrogens with one attached hydrogen (secondary N) is 1. The molecule has 2 unspecified atom stereocenters. The topological polar surface area (TPSA) is 12.0 Å². The minimum atomic E-state index is 0.432. The summed E-state index contributed by atoms with van der Waals surface area (Å²) in [6, 6.07) is 7.02. The van der Waals surface area contributed by atoms with Crippen molar-refractivity contribution in [3.63, 3.8) is 0 Å². The van der Waals surface area contributed by atoms with E-state index in [4.69, 9.17) is 0 Å². The van der Waals surface area contributed by atoms with E-state index in [0.29, 0.717) is 12.0 Å². The smallest absolute Gasteiger partial charge is 0.0357 e. The lowest BCUT2D eigenvalue weighted by Crippen LogP contribution is -2.28. The highest BCUT2D eigenvalue weighted by atomic mass is 127. The van der Waals surface area contributed by atoms with Crippen LogP contribution in [0.4, 0.5) is 0 Å². The lowest BCUT2D eigenvalue weighted by molar-refractivity contribution is 0.332. The van der Waals surface area contributed by atoms with Crippen LogP contribution in [0.1, 0.15) is 45.7 Å². The average Bonchev–Trinajstić information content (AvgIpc) is 2.28. The fourth-order valence-electron chi connectivity index (χ4n) is 2.47. The van der Waals surface area contributed by atoms with Crippen LogP contribution in [0.5, 0.6) is 0 Å². The Bertz CT molecular complexity index is 379. The van der Waals surface area contributed by atoms with E-state index in [1.807, 2.05) is 0 Å². The molecule has 0 fully saturated rings. The summed E-state index contributed by atoms with van der Waals surface area (Å²) >= 11 is 6.08. The van der Waals surface area contributed by atoms with Crippen LogP contribution in [-0.4, -0.2) is 6.54 Å². The normalized spacial score (nSPS) is 14.8. The molecule has 0 amide bonds. The molecule has 1 nitrogen and oxygen atoms in total. The van der Waals surface area contributed by atoms with Gasteiger partial charge in [-0.05, 0) is 71.2 Å². The van der Waals surface area contributed by atoms with Gasteiger partial charge in [-0.15, -0.1) is 0 Å². The Balaban J connectivity index is 2.99. The predicted octanol–water partition coefficient (Wildman–Crippen LogP) is 5.39. The highest BCUT2D eigenvalue weighted by Crippen LogP contribution is 2.32. The zero-order chi connectivity index (χ0) is 13.7. The lowest BCUT2D eigenvalue weighted by atomic mass is 9.88. The van der Waals surface area contributed by atoms with Gasteiger partial charge in [-0.2, -0.15) is 0 Å². The monoisotopic (exact) mass is 423 g/mol. The third-order valence-electron chi connectivity index (χ3n) is 3.13. The number of halogens is 2. The van der Waals surface area contributed by atoms with Crippen molar-refractivity contribution >= 4 is 38.5 Å². The summed E-state index contributed by atoms with van der Waals surface area (Å²) in [6.45, 7) is 10.1. The van der Waals surface area contributed by atoms with Crippen molar-refractivity contribution < 1.29 is 0 Å². The molecule has 18 heavy (non-hydrogen) atoms. The van der Waals surface area contributed by atoms with Crippen molar-refractivity contribution in [1.29, 1.82) is 0 Å². The summed E-state index contributed by atoms with van der Waals surface area (Å²) in [5.41, 5.74) is 1.39.